The number of carbonyl (C=O) groups is 1. The van der Waals surface area contributed by atoms with Crippen LogP contribution in [0.15, 0.2) is 39.5 Å². The van der Waals surface area contributed by atoms with Gasteiger partial charge in [0.2, 0.25) is 11.7 Å². The molecular weight excluding hydrogens is 346 g/mol. The summed E-state index contributed by atoms with van der Waals surface area (Å²) in [5.41, 5.74) is 0. The summed E-state index contributed by atoms with van der Waals surface area (Å²) in [7, 11) is 0. The number of aromatic nitrogens is 4. The highest BCUT2D eigenvalue weighted by atomic mass is 32.2. The molecule has 0 spiro atoms. The van der Waals surface area contributed by atoms with E-state index >= 15 is 0 Å². The summed E-state index contributed by atoms with van der Waals surface area (Å²) in [6.45, 7) is 5.92. The van der Waals surface area contributed by atoms with Crippen LogP contribution in [0.5, 0.6) is 0 Å². The number of nitrogens with zero attached hydrogens (tertiary/aromatic N) is 4. The molecule has 7 nitrogen and oxygen atoms in total. The van der Waals surface area contributed by atoms with E-state index in [1.165, 1.54) is 23.1 Å². The summed E-state index contributed by atoms with van der Waals surface area (Å²) in [6.07, 6.45) is 3.26. The fourth-order valence-corrected chi connectivity index (χ4v) is 3.61. The number of nitrogens with one attached hydrogen (secondary N) is 1. The highest BCUT2D eigenvalue weighted by Crippen LogP contribution is 2.30. The maximum absolute atomic E-state index is 12.3. The van der Waals surface area contributed by atoms with Gasteiger partial charge in [-0.3, -0.25) is 9.36 Å². The van der Waals surface area contributed by atoms with E-state index in [0.29, 0.717) is 21.9 Å². The average Bonchev–Trinajstić information content (AvgIpc) is 3.28. The molecule has 0 aliphatic heterocycles. The Balaban J connectivity index is 1.78. The smallest absolute Gasteiger partial charge is 0.239 e. The highest BCUT2D eigenvalue weighted by molar-refractivity contribution is 8.00. The summed E-state index contributed by atoms with van der Waals surface area (Å²) in [6, 6.07) is 3.79. The first-order chi connectivity index (χ1) is 11.6. The molecule has 3 aromatic rings. The molecule has 1 atom stereocenters. The number of anilines is 1. The molecule has 0 bridgehead atoms. The summed E-state index contributed by atoms with van der Waals surface area (Å²) < 4.78 is 7.40. The molecule has 0 aromatic carbocycles. The molecule has 0 saturated heterocycles. The van der Waals surface area contributed by atoms with Crippen LogP contribution in [0.1, 0.15) is 26.8 Å². The number of furan rings is 1. The second-order valence-electron chi connectivity index (χ2n) is 5.33. The van der Waals surface area contributed by atoms with Crippen LogP contribution >= 0.6 is 23.1 Å². The van der Waals surface area contributed by atoms with Crippen molar-refractivity contribution >= 4 is 34.1 Å². The first-order valence-electron chi connectivity index (χ1n) is 7.42. The number of thiazole rings is 1. The Labute approximate surface area is 147 Å². The molecule has 0 aliphatic rings. The molecule has 126 valence electrons. The van der Waals surface area contributed by atoms with Gasteiger partial charge in [-0.25, -0.2) is 4.98 Å². The molecule has 3 heterocycles. The van der Waals surface area contributed by atoms with Gasteiger partial charge >= 0.3 is 0 Å². The number of hydrogen-bond acceptors (Lipinski definition) is 7. The van der Waals surface area contributed by atoms with Crippen LogP contribution in [-0.4, -0.2) is 30.9 Å². The minimum absolute atomic E-state index is 0.118. The minimum atomic E-state index is -0.333. The van der Waals surface area contributed by atoms with E-state index in [0.717, 1.165) is 0 Å². The van der Waals surface area contributed by atoms with E-state index in [1.807, 2.05) is 42.9 Å². The van der Waals surface area contributed by atoms with Crippen LogP contribution < -0.4 is 5.32 Å². The van der Waals surface area contributed by atoms with Gasteiger partial charge in [-0.2, -0.15) is 0 Å². The molecule has 3 aromatic heterocycles. The first-order valence-corrected chi connectivity index (χ1v) is 9.18. The van der Waals surface area contributed by atoms with Crippen LogP contribution in [0.25, 0.3) is 11.6 Å². The zero-order valence-electron chi connectivity index (χ0n) is 13.5. The molecule has 0 fully saturated rings. The molecule has 3 rings (SSSR count). The van der Waals surface area contributed by atoms with Gasteiger partial charge in [0.05, 0.1) is 11.5 Å². The van der Waals surface area contributed by atoms with Crippen molar-refractivity contribution in [3.05, 3.63) is 30.0 Å². The van der Waals surface area contributed by atoms with Gasteiger partial charge in [0, 0.05) is 17.6 Å². The molecule has 0 aliphatic carbocycles. The third-order valence-corrected chi connectivity index (χ3v) is 4.98. The fraction of sp³-hybridized carbons (Fsp3) is 0.333. The normalized spacial score (nSPS) is 12.5. The van der Waals surface area contributed by atoms with Gasteiger partial charge in [-0.05, 0) is 32.9 Å². The SMILES string of the molecule is CC(C)n1c(S[C@H](C)C(=O)Nc2nccs2)nnc1-c1ccco1. The van der Waals surface area contributed by atoms with Gasteiger partial charge in [-0.1, -0.05) is 11.8 Å². The van der Waals surface area contributed by atoms with Gasteiger partial charge < -0.3 is 9.73 Å². The molecular formula is C15H17N5O2S2. The Morgan fingerprint density at radius 3 is 2.83 bits per heavy atom. The lowest BCUT2D eigenvalue weighted by atomic mass is 10.3. The monoisotopic (exact) mass is 363 g/mol. The first kappa shape index (κ1) is 16.7. The van der Waals surface area contributed by atoms with E-state index in [1.54, 1.807) is 12.5 Å². The third kappa shape index (κ3) is 3.51. The molecule has 24 heavy (non-hydrogen) atoms. The minimum Gasteiger partial charge on any atom is -0.461 e. The molecule has 0 saturated carbocycles. The van der Waals surface area contributed by atoms with Gasteiger partial charge in [0.1, 0.15) is 0 Å². The van der Waals surface area contributed by atoms with Gasteiger partial charge in [-0.15, -0.1) is 21.5 Å². The molecule has 1 amide bonds. The number of amides is 1. The van der Waals surface area contributed by atoms with Gasteiger partial charge in [0.15, 0.2) is 16.0 Å². The van der Waals surface area contributed by atoms with Crippen LogP contribution in [0.4, 0.5) is 5.13 Å². The van der Waals surface area contributed by atoms with Crippen molar-refractivity contribution in [1.82, 2.24) is 19.7 Å². The van der Waals surface area contributed by atoms with Crippen molar-refractivity contribution in [2.24, 2.45) is 0 Å². The van der Waals surface area contributed by atoms with E-state index in [2.05, 4.69) is 20.5 Å². The largest absolute Gasteiger partial charge is 0.461 e. The molecule has 0 unspecified atom stereocenters. The lowest BCUT2D eigenvalue weighted by Crippen LogP contribution is -2.23. The van der Waals surface area contributed by atoms with Crippen molar-refractivity contribution in [1.29, 1.82) is 0 Å². The van der Waals surface area contributed by atoms with Crippen molar-refractivity contribution < 1.29 is 9.21 Å². The average molecular weight is 363 g/mol. The second kappa shape index (κ2) is 7.18. The van der Waals surface area contributed by atoms with Crippen LogP contribution in [0, 0.1) is 0 Å². The molecule has 9 heteroatoms. The number of hydrogen-bond donors (Lipinski definition) is 1. The maximum atomic E-state index is 12.3. The molecule has 0 radical (unpaired) electrons. The Morgan fingerprint density at radius 1 is 1.38 bits per heavy atom. The van der Waals surface area contributed by atoms with Crippen LogP contribution in [-0.2, 0) is 4.79 Å². The van der Waals surface area contributed by atoms with Gasteiger partial charge in [0.25, 0.3) is 0 Å². The highest BCUT2D eigenvalue weighted by Gasteiger charge is 2.23. The van der Waals surface area contributed by atoms with E-state index in [9.17, 15) is 4.79 Å². The Hall–Kier alpha value is -2.13. The van der Waals surface area contributed by atoms with Crippen molar-refractivity contribution in [3.63, 3.8) is 0 Å². The van der Waals surface area contributed by atoms with Crippen molar-refractivity contribution in [2.45, 2.75) is 37.2 Å². The number of carbonyl (C=O) groups excluding carboxylic acids is 1. The standard InChI is InChI=1S/C15H17N5O2S2/c1-9(2)20-12(11-5-4-7-22-11)18-19-15(20)24-10(3)13(21)17-14-16-6-8-23-14/h4-10H,1-3H3,(H,16,17,21)/t10-/m1/s1. The van der Waals surface area contributed by atoms with E-state index < -0.39 is 0 Å². The van der Waals surface area contributed by atoms with Crippen molar-refractivity contribution in [2.75, 3.05) is 5.32 Å². The lowest BCUT2D eigenvalue weighted by Gasteiger charge is -2.15. The zero-order valence-corrected chi connectivity index (χ0v) is 15.1. The number of thioether (sulfide) groups is 1. The summed E-state index contributed by atoms with van der Waals surface area (Å²) >= 11 is 2.75. The van der Waals surface area contributed by atoms with Crippen LogP contribution in [0.2, 0.25) is 0 Å². The number of rotatable bonds is 6. The predicted molar refractivity (Wildman–Crippen MR) is 94.2 cm³/mol. The maximum Gasteiger partial charge on any atom is 0.239 e. The van der Waals surface area contributed by atoms with Crippen molar-refractivity contribution in [3.8, 4) is 11.6 Å². The Morgan fingerprint density at radius 2 is 2.21 bits per heavy atom. The van der Waals surface area contributed by atoms with E-state index in [-0.39, 0.29) is 17.2 Å². The molecule has 1 N–H and O–H groups in total. The topological polar surface area (TPSA) is 85.8 Å². The summed E-state index contributed by atoms with van der Waals surface area (Å²) in [4.78, 5) is 16.4. The third-order valence-electron chi connectivity index (χ3n) is 3.24. The zero-order chi connectivity index (χ0) is 17.1. The van der Waals surface area contributed by atoms with Crippen LogP contribution in [0.3, 0.4) is 0 Å². The second-order valence-corrected chi connectivity index (χ2v) is 7.54. The quantitative estimate of drug-likeness (QED) is 0.672. The Kier molecular flexibility index (Phi) is 5.00. The predicted octanol–water partition coefficient (Wildman–Crippen LogP) is 3.69. The fourth-order valence-electron chi connectivity index (χ4n) is 2.10. The lowest BCUT2D eigenvalue weighted by molar-refractivity contribution is -0.115. The summed E-state index contributed by atoms with van der Waals surface area (Å²) in [5.74, 6) is 1.20. The van der Waals surface area contributed by atoms with E-state index in [4.69, 9.17) is 4.42 Å². The summed E-state index contributed by atoms with van der Waals surface area (Å²) in [5, 5.41) is 14.0. The Bertz CT molecular complexity index is 796.